The van der Waals surface area contributed by atoms with E-state index in [1.54, 1.807) is 30.3 Å². The molecule has 0 spiro atoms. The number of nitrogens with one attached hydrogen (secondary N) is 1. The third-order valence-electron chi connectivity index (χ3n) is 5.46. The van der Waals surface area contributed by atoms with E-state index in [9.17, 15) is 4.79 Å². The average molecular weight is 449 g/mol. The Morgan fingerprint density at radius 2 is 1.97 bits per heavy atom. The second kappa shape index (κ2) is 9.45. The van der Waals surface area contributed by atoms with Crippen LogP contribution in [-0.2, 0) is 0 Å². The molecule has 1 aromatic heterocycles. The third kappa shape index (κ3) is 4.63. The molecule has 6 heteroatoms. The van der Waals surface area contributed by atoms with Gasteiger partial charge in [0.25, 0.3) is 5.91 Å². The molecule has 1 heterocycles. The van der Waals surface area contributed by atoms with E-state index in [-0.39, 0.29) is 5.91 Å². The van der Waals surface area contributed by atoms with E-state index in [1.807, 2.05) is 25.1 Å². The number of ether oxygens (including phenoxy) is 1. The molecular formula is C26H25ClN2O3. The predicted molar refractivity (Wildman–Crippen MR) is 129 cm³/mol. The molecule has 0 aliphatic rings. The van der Waals surface area contributed by atoms with Crippen LogP contribution in [0.4, 0.5) is 5.69 Å². The van der Waals surface area contributed by atoms with Gasteiger partial charge >= 0.3 is 0 Å². The molecule has 0 aliphatic heterocycles. The van der Waals surface area contributed by atoms with Gasteiger partial charge in [0.1, 0.15) is 11.3 Å². The first kappa shape index (κ1) is 21.9. The molecule has 1 N–H and O–H groups in total. The highest BCUT2D eigenvalue weighted by Crippen LogP contribution is 2.32. The highest BCUT2D eigenvalue weighted by molar-refractivity contribution is 6.34. The summed E-state index contributed by atoms with van der Waals surface area (Å²) in [4.78, 5) is 17.4. The first-order valence-corrected chi connectivity index (χ1v) is 11.1. The van der Waals surface area contributed by atoms with Crippen LogP contribution in [0.5, 0.6) is 5.75 Å². The molecule has 3 aromatic carbocycles. The van der Waals surface area contributed by atoms with Crippen molar-refractivity contribution in [3.63, 3.8) is 0 Å². The Labute approximate surface area is 192 Å². The molecule has 1 amide bonds. The molecule has 0 saturated carbocycles. The zero-order chi connectivity index (χ0) is 22.7. The maximum atomic E-state index is 12.8. The van der Waals surface area contributed by atoms with Crippen LogP contribution in [0.1, 0.15) is 49.0 Å². The molecule has 0 bridgehead atoms. The molecular weight excluding hydrogens is 424 g/mol. The van der Waals surface area contributed by atoms with Crippen LogP contribution in [-0.4, -0.2) is 17.5 Å². The lowest BCUT2D eigenvalue weighted by Gasteiger charge is -2.10. The molecule has 4 aromatic rings. The summed E-state index contributed by atoms with van der Waals surface area (Å²) in [5.74, 6) is 1.30. The van der Waals surface area contributed by atoms with Crippen molar-refractivity contribution in [1.82, 2.24) is 4.98 Å². The van der Waals surface area contributed by atoms with E-state index in [4.69, 9.17) is 20.8 Å². The number of rotatable bonds is 7. The van der Waals surface area contributed by atoms with E-state index in [0.717, 1.165) is 23.1 Å². The van der Waals surface area contributed by atoms with Crippen molar-refractivity contribution in [2.45, 2.75) is 33.1 Å². The van der Waals surface area contributed by atoms with Crippen LogP contribution < -0.4 is 10.1 Å². The van der Waals surface area contributed by atoms with Gasteiger partial charge in [-0.1, -0.05) is 37.6 Å². The zero-order valence-corrected chi connectivity index (χ0v) is 19.1. The molecule has 1 unspecified atom stereocenters. The second-order valence-corrected chi connectivity index (χ2v) is 8.07. The number of anilines is 1. The Morgan fingerprint density at radius 1 is 1.12 bits per heavy atom. The lowest BCUT2D eigenvalue weighted by molar-refractivity contribution is 0.102. The molecule has 0 aliphatic carbocycles. The molecule has 4 rings (SSSR count). The number of oxazole rings is 1. The molecule has 0 saturated heterocycles. The van der Waals surface area contributed by atoms with Crippen molar-refractivity contribution in [3.8, 4) is 17.2 Å². The summed E-state index contributed by atoms with van der Waals surface area (Å²) in [5, 5.41) is 3.30. The normalized spacial score (nSPS) is 12.0. The van der Waals surface area contributed by atoms with Gasteiger partial charge in [0, 0.05) is 11.1 Å². The van der Waals surface area contributed by atoms with Crippen molar-refractivity contribution in [2.24, 2.45) is 0 Å². The number of hydrogen-bond acceptors (Lipinski definition) is 4. The molecule has 0 radical (unpaired) electrons. The van der Waals surface area contributed by atoms with Gasteiger partial charge in [-0.3, -0.25) is 4.79 Å². The number of amides is 1. The van der Waals surface area contributed by atoms with Gasteiger partial charge in [0.05, 0.1) is 17.3 Å². The lowest BCUT2D eigenvalue weighted by Crippen LogP contribution is -2.12. The summed E-state index contributed by atoms with van der Waals surface area (Å²) in [6.07, 6.45) is 1.06. The number of fused-ring (bicyclic) bond motifs is 1. The van der Waals surface area contributed by atoms with E-state index in [2.05, 4.69) is 36.3 Å². The van der Waals surface area contributed by atoms with Gasteiger partial charge in [-0.05, 0) is 73.4 Å². The van der Waals surface area contributed by atoms with E-state index < -0.39 is 0 Å². The summed E-state index contributed by atoms with van der Waals surface area (Å²) in [6.45, 7) is 6.79. The number of halogens is 1. The topological polar surface area (TPSA) is 64.4 Å². The van der Waals surface area contributed by atoms with Crippen LogP contribution in [0.2, 0.25) is 5.02 Å². The smallest absolute Gasteiger partial charge is 0.255 e. The predicted octanol–water partition coefficient (Wildman–Crippen LogP) is 7.31. The fraction of sp³-hybridized carbons (Fsp3) is 0.231. The summed E-state index contributed by atoms with van der Waals surface area (Å²) < 4.78 is 11.4. The first-order chi connectivity index (χ1) is 15.5. The van der Waals surface area contributed by atoms with Gasteiger partial charge in [0.15, 0.2) is 5.58 Å². The summed E-state index contributed by atoms with van der Waals surface area (Å²) >= 11 is 6.36. The summed E-state index contributed by atoms with van der Waals surface area (Å²) in [7, 11) is 0. The molecule has 0 fully saturated rings. The van der Waals surface area contributed by atoms with Crippen molar-refractivity contribution in [2.75, 3.05) is 11.9 Å². The Morgan fingerprint density at radius 3 is 2.75 bits per heavy atom. The quantitative estimate of drug-likeness (QED) is 0.322. The lowest BCUT2D eigenvalue weighted by atomic mass is 9.98. The van der Waals surface area contributed by atoms with Gasteiger partial charge in [-0.15, -0.1) is 0 Å². The Bertz CT molecular complexity index is 1270. The van der Waals surface area contributed by atoms with Crippen molar-refractivity contribution >= 4 is 34.3 Å². The Kier molecular flexibility index (Phi) is 6.47. The van der Waals surface area contributed by atoms with Gasteiger partial charge in [-0.2, -0.15) is 0 Å². The zero-order valence-electron chi connectivity index (χ0n) is 18.3. The molecule has 5 nitrogen and oxygen atoms in total. The van der Waals surface area contributed by atoms with Crippen LogP contribution in [0, 0.1) is 0 Å². The highest BCUT2D eigenvalue weighted by atomic mass is 35.5. The number of hydrogen-bond donors (Lipinski definition) is 1. The Balaban J connectivity index is 1.61. The van der Waals surface area contributed by atoms with Gasteiger partial charge in [-0.25, -0.2) is 4.98 Å². The van der Waals surface area contributed by atoms with Crippen LogP contribution in [0.25, 0.3) is 22.6 Å². The van der Waals surface area contributed by atoms with Crippen LogP contribution >= 0.6 is 11.6 Å². The third-order valence-corrected chi connectivity index (χ3v) is 5.79. The van der Waals surface area contributed by atoms with Gasteiger partial charge < -0.3 is 14.5 Å². The SMILES string of the molecule is CCOc1cccc(C(=O)Nc2cc(-c3nc4cc(C(C)CC)ccc4o3)ccc2Cl)c1. The molecule has 164 valence electrons. The summed E-state index contributed by atoms with van der Waals surface area (Å²) in [6, 6.07) is 18.5. The molecule has 32 heavy (non-hydrogen) atoms. The first-order valence-electron chi connectivity index (χ1n) is 10.7. The average Bonchev–Trinajstić information content (AvgIpc) is 3.23. The maximum absolute atomic E-state index is 12.8. The van der Waals surface area contributed by atoms with E-state index in [1.165, 1.54) is 5.56 Å². The van der Waals surface area contributed by atoms with E-state index >= 15 is 0 Å². The number of aromatic nitrogens is 1. The van der Waals surface area contributed by atoms with Crippen LogP contribution in [0.15, 0.2) is 65.1 Å². The number of carbonyl (C=O) groups is 1. The van der Waals surface area contributed by atoms with Crippen molar-refractivity contribution in [1.29, 1.82) is 0 Å². The number of carbonyl (C=O) groups excluding carboxylic acids is 1. The van der Waals surface area contributed by atoms with Crippen molar-refractivity contribution in [3.05, 3.63) is 76.8 Å². The largest absolute Gasteiger partial charge is 0.494 e. The maximum Gasteiger partial charge on any atom is 0.255 e. The van der Waals surface area contributed by atoms with Crippen molar-refractivity contribution < 1.29 is 13.9 Å². The second-order valence-electron chi connectivity index (χ2n) is 7.67. The van der Waals surface area contributed by atoms with Gasteiger partial charge in [0.2, 0.25) is 5.89 Å². The molecule has 1 atom stereocenters. The fourth-order valence-electron chi connectivity index (χ4n) is 3.45. The minimum atomic E-state index is -0.277. The number of benzene rings is 3. The minimum Gasteiger partial charge on any atom is -0.494 e. The van der Waals surface area contributed by atoms with E-state index in [0.29, 0.717) is 40.4 Å². The minimum absolute atomic E-state index is 0.277. The fourth-order valence-corrected chi connectivity index (χ4v) is 3.62. The highest BCUT2D eigenvalue weighted by Gasteiger charge is 2.15. The summed E-state index contributed by atoms with van der Waals surface area (Å²) in [5.41, 5.74) is 4.47. The standard InChI is InChI=1S/C26H25ClN2O3/c1-4-16(3)17-10-12-24-23(14-17)29-26(32-24)19-9-11-21(27)22(15-19)28-25(30)18-7-6-8-20(13-18)31-5-2/h6-16H,4-5H2,1-3H3,(H,28,30). The number of nitrogens with zero attached hydrogens (tertiary/aromatic N) is 1. The monoisotopic (exact) mass is 448 g/mol. The Hall–Kier alpha value is -3.31. The van der Waals surface area contributed by atoms with Crippen LogP contribution in [0.3, 0.4) is 0 Å².